The van der Waals surface area contributed by atoms with Gasteiger partial charge in [-0.05, 0) is 66.6 Å². The largest absolute Gasteiger partial charge is 0.0729 e. The minimum atomic E-state index is -0.326. The minimum absolute atomic E-state index is 0.326. The number of rotatable bonds is 6. The highest BCUT2D eigenvalue weighted by Gasteiger charge is 2.30. The van der Waals surface area contributed by atoms with Crippen molar-refractivity contribution in [1.82, 2.24) is 0 Å². The molecule has 0 bridgehead atoms. The molecule has 2 aliphatic rings. The van der Waals surface area contributed by atoms with Crippen LogP contribution in [0.2, 0.25) is 0 Å². The first kappa shape index (κ1) is 19.8. The van der Waals surface area contributed by atoms with E-state index in [1.54, 1.807) is 11.1 Å². The maximum absolute atomic E-state index is 2.66. The van der Waals surface area contributed by atoms with E-state index in [1.165, 1.54) is 60.9 Å². The van der Waals surface area contributed by atoms with Crippen LogP contribution >= 0.6 is 7.92 Å². The summed E-state index contributed by atoms with van der Waals surface area (Å²) in [4.78, 5) is 0. The lowest BCUT2D eigenvalue weighted by Crippen LogP contribution is -2.14. The Morgan fingerprint density at radius 2 is 1.27 bits per heavy atom. The molecule has 3 aromatic carbocycles. The predicted molar refractivity (Wildman–Crippen MR) is 132 cm³/mol. The molecule has 1 unspecified atom stereocenters. The molecule has 0 spiro atoms. The lowest BCUT2D eigenvalue weighted by Gasteiger charge is -2.27. The summed E-state index contributed by atoms with van der Waals surface area (Å²) >= 11 is 0. The molecule has 3 aromatic rings. The smallest absolute Gasteiger partial charge is 0.00583 e. The van der Waals surface area contributed by atoms with E-state index < -0.39 is 0 Å². The van der Waals surface area contributed by atoms with Crippen LogP contribution in [0.25, 0.3) is 5.57 Å². The van der Waals surface area contributed by atoms with Crippen LogP contribution in [0, 0.1) is 5.92 Å². The molecule has 0 radical (unpaired) electrons. The van der Waals surface area contributed by atoms with Gasteiger partial charge in [0.15, 0.2) is 0 Å². The second-order valence-electron chi connectivity index (χ2n) is 8.78. The van der Waals surface area contributed by atoms with Gasteiger partial charge in [-0.25, -0.2) is 0 Å². The second kappa shape index (κ2) is 9.32. The SMILES string of the molecule is C1=C(CCP(c2ccccc2)c2ccccc2)c2ccccc2C1C1CCCCC1. The van der Waals surface area contributed by atoms with Crippen LogP contribution in [0.3, 0.4) is 0 Å². The van der Waals surface area contributed by atoms with E-state index in [-0.39, 0.29) is 7.92 Å². The summed E-state index contributed by atoms with van der Waals surface area (Å²) in [6.07, 6.45) is 12.1. The maximum atomic E-state index is 2.66. The van der Waals surface area contributed by atoms with Crippen molar-refractivity contribution in [3.05, 3.63) is 102 Å². The van der Waals surface area contributed by atoms with E-state index >= 15 is 0 Å². The van der Waals surface area contributed by atoms with E-state index in [0.717, 1.165) is 5.92 Å². The number of hydrogen-bond donors (Lipinski definition) is 0. The van der Waals surface area contributed by atoms with E-state index in [9.17, 15) is 0 Å². The summed E-state index contributed by atoms with van der Waals surface area (Å²) in [6.45, 7) is 0. The molecule has 0 aliphatic heterocycles. The summed E-state index contributed by atoms with van der Waals surface area (Å²) in [5.74, 6) is 1.50. The Morgan fingerprint density at radius 1 is 0.667 bits per heavy atom. The molecule has 152 valence electrons. The minimum Gasteiger partial charge on any atom is -0.0729 e. The Labute approximate surface area is 182 Å². The lowest BCUT2D eigenvalue weighted by molar-refractivity contribution is 0.334. The summed E-state index contributed by atoms with van der Waals surface area (Å²) in [5.41, 5.74) is 4.73. The topological polar surface area (TPSA) is 0 Å². The normalized spacial score (nSPS) is 19.0. The standard InChI is InChI=1S/C29H31P/c1-4-12-23(13-5-1)29-22-24(27-18-10-11-19-28(27)29)20-21-30(25-14-6-2-7-15-25)26-16-8-3-9-17-26/h2-3,6-11,14-19,22-23,29H,1,4-5,12-13,20-21H2. The van der Waals surface area contributed by atoms with Crippen molar-refractivity contribution in [2.75, 3.05) is 6.16 Å². The molecule has 0 amide bonds. The first-order chi connectivity index (χ1) is 14.9. The van der Waals surface area contributed by atoms with Gasteiger partial charge in [-0.2, -0.15) is 0 Å². The Hall–Kier alpha value is -2.17. The second-order valence-corrected chi connectivity index (χ2v) is 11.1. The Kier molecular flexibility index (Phi) is 6.14. The number of benzene rings is 3. The highest BCUT2D eigenvalue weighted by molar-refractivity contribution is 7.73. The molecule has 0 saturated heterocycles. The van der Waals surface area contributed by atoms with Crippen molar-refractivity contribution in [1.29, 1.82) is 0 Å². The van der Waals surface area contributed by atoms with Crippen LogP contribution in [-0.4, -0.2) is 6.16 Å². The Balaban J connectivity index is 1.41. The molecular weight excluding hydrogens is 379 g/mol. The molecule has 1 fully saturated rings. The molecule has 0 aromatic heterocycles. The Morgan fingerprint density at radius 3 is 1.93 bits per heavy atom. The average molecular weight is 411 g/mol. The van der Waals surface area contributed by atoms with E-state index in [0.29, 0.717) is 5.92 Å². The zero-order chi connectivity index (χ0) is 20.2. The highest BCUT2D eigenvalue weighted by Crippen LogP contribution is 2.47. The first-order valence-corrected chi connectivity index (χ1v) is 13.1. The van der Waals surface area contributed by atoms with Gasteiger partial charge in [-0.1, -0.05) is 110 Å². The van der Waals surface area contributed by atoms with Gasteiger partial charge < -0.3 is 0 Å². The molecule has 0 nitrogen and oxygen atoms in total. The molecule has 1 saturated carbocycles. The zero-order valence-electron chi connectivity index (χ0n) is 17.7. The fraction of sp³-hybridized carbons (Fsp3) is 0.310. The van der Waals surface area contributed by atoms with Crippen LogP contribution < -0.4 is 10.6 Å². The van der Waals surface area contributed by atoms with Gasteiger partial charge >= 0.3 is 0 Å². The molecule has 1 heteroatoms. The Bertz CT molecular complexity index is 944. The maximum Gasteiger partial charge on any atom is 0.00583 e. The van der Waals surface area contributed by atoms with Crippen molar-refractivity contribution >= 4 is 24.1 Å². The summed E-state index contributed by atoms with van der Waals surface area (Å²) in [7, 11) is -0.326. The summed E-state index contributed by atoms with van der Waals surface area (Å²) in [5, 5.41) is 2.99. The van der Waals surface area contributed by atoms with Gasteiger partial charge in [-0.15, -0.1) is 0 Å². The monoisotopic (exact) mass is 410 g/mol. The van der Waals surface area contributed by atoms with Crippen molar-refractivity contribution in [3.8, 4) is 0 Å². The van der Waals surface area contributed by atoms with Gasteiger partial charge in [-0.3, -0.25) is 0 Å². The van der Waals surface area contributed by atoms with Gasteiger partial charge in [0.2, 0.25) is 0 Å². The molecule has 0 N–H and O–H groups in total. The van der Waals surface area contributed by atoms with Crippen LogP contribution in [0.4, 0.5) is 0 Å². The van der Waals surface area contributed by atoms with Crippen molar-refractivity contribution in [2.45, 2.75) is 44.4 Å². The van der Waals surface area contributed by atoms with E-state index in [2.05, 4.69) is 91.0 Å². The van der Waals surface area contributed by atoms with Crippen LogP contribution in [0.15, 0.2) is 91.0 Å². The fourth-order valence-corrected chi connectivity index (χ4v) is 7.78. The molecule has 2 aliphatic carbocycles. The lowest BCUT2D eigenvalue weighted by atomic mass is 9.78. The van der Waals surface area contributed by atoms with Crippen LogP contribution in [0.5, 0.6) is 0 Å². The summed E-state index contributed by atoms with van der Waals surface area (Å²) in [6, 6.07) is 31.6. The van der Waals surface area contributed by atoms with Gasteiger partial charge in [0.1, 0.15) is 0 Å². The molecule has 1 atom stereocenters. The zero-order valence-corrected chi connectivity index (χ0v) is 18.6. The van der Waals surface area contributed by atoms with E-state index in [1.807, 2.05) is 0 Å². The van der Waals surface area contributed by atoms with E-state index in [4.69, 9.17) is 0 Å². The quantitative estimate of drug-likeness (QED) is 0.375. The number of allylic oxidation sites excluding steroid dienone is 2. The third-order valence-corrected chi connectivity index (χ3v) is 9.46. The molecule has 5 rings (SSSR count). The van der Waals surface area contributed by atoms with Crippen molar-refractivity contribution < 1.29 is 0 Å². The van der Waals surface area contributed by atoms with Gasteiger partial charge in [0, 0.05) is 5.92 Å². The average Bonchev–Trinajstić information content (AvgIpc) is 3.20. The van der Waals surface area contributed by atoms with Gasteiger partial charge in [0.05, 0.1) is 0 Å². The molecule has 0 heterocycles. The van der Waals surface area contributed by atoms with Crippen LogP contribution in [-0.2, 0) is 0 Å². The highest BCUT2D eigenvalue weighted by atomic mass is 31.1. The molecule has 30 heavy (non-hydrogen) atoms. The fourth-order valence-electron chi connectivity index (χ4n) is 5.43. The third-order valence-electron chi connectivity index (χ3n) is 6.94. The van der Waals surface area contributed by atoms with Gasteiger partial charge in [0.25, 0.3) is 0 Å². The third kappa shape index (κ3) is 4.17. The van der Waals surface area contributed by atoms with Crippen molar-refractivity contribution in [2.24, 2.45) is 5.92 Å². The first-order valence-electron chi connectivity index (χ1n) is 11.6. The van der Waals surface area contributed by atoms with Crippen LogP contribution in [0.1, 0.15) is 55.6 Å². The predicted octanol–water partition coefficient (Wildman–Crippen LogP) is 7.27. The summed E-state index contributed by atoms with van der Waals surface area (Å²) < 4.78 is 0. The number of hydrogen-bond acceptors (Lipinski definition) is 0. The number of fused-ring (bicyclic) bond motifs is 1. The molecular formula is C29H31P. The van der Waals surface area contributed by atoms with Crippen molar-refractivity contribution in [3.63, 3.8) is 0 Å².